The van der Waals surface area contributed by atoms with Gasteiger partial charge in [-0.25, -0.2) is 4.79 Å². The number of nitrogens with zero attached hydrogens (tertiary/aromatic N) is 1. The summed E-state index contributed by atoms with van der Waals surface area (Å²) >= 11 is 0. The van der Waals surface area contributed by atoms with Crippen molar-refractivity contribution in [2.75, 3.05) is 7.11 Å². The number of amides is 3. The number of hydrogen-bond acceptors (Lipinski definition) is 4. The second kappa shape index (κ2) is 8.67. The molecule has 6 heteroatoms. The highest BCUT2D eigenvalue weighted by Gasteiger charge is 2.52. The quantitative estimate of drug-likeness (QED) is 0.454. The fourth-order valence-electron chi connectivity index (χ4n) is 4.10. The van der Waals surface area contributed by atoms with Crippen LogP contribution in [0.4, 0.5) is 4.79 Å². The van der Waals surface area contributed by atoms with Crippen molar-refractivity contribution in [3.63, 3.8) is 0 Å². The summed E-state index contributed by atoms with van der Waals surface area (Å²) in [4.78, 5) is 39.9. The van der Waals surface area contributed by atoms with Gasteiger partial charge < -0.3 is 10.1 Å². The first kappa shape index (κ1) is 21.3. The molecule has 1 aliphatic heterocycles. The van der Waals surface area contributed by atoms with Gasteiger partial charge in [0.25, 0.3) is 5.91 Å². The summed E-state index contributed by atoms with van der Waals surface area (Å²) in [5.41, 5.74) is 1.52. The van der Waals surface area contributed by atoms with E-state index in [0.717, 1.165) is 5.56 Å². The van der Waals surface area contributed by atoms with E-state index in [9.17, 15) is 14.4 Å². The number of urea groups is 1. The van der Waals surface area contributed by atoms with Crippen molar-refractivity contribution in [1.29, 1.82) is 0 Å². The van der Waals surface area contributed by atoms with Gasteiger partial charge in [0.05, 0.1) is 13.7 Å². The molecule has 0 spiro atoms. The second-order valence-electron chi connectivity index (χ2n) is 7.84. The molecule has 0 radical (unpaired) electrons. The van der Waals surface area contributed by atoms with Crippen LogP contribution in [-0.4, -0.2) is 29.7 Å². The van der Waals surface area contributed by atoms with Gasteiger partial charge >= 0.3 is 6.03 Å². The van der Waals surface area contributed by atoms with E-state index in [4.69, 9.17) is 4.74 Å². The number of hydrogen-bond donors (Lipinski definition) is 1. The number of benzene rings is 3. The molecule has 3 aromatic rings. The highest BCUT2D eigenvalue weighted by atomic mass is 16.5. The molecule has 0 saturated carbocycles. The van der Waals surface area contributed by atoms with Gasteiger partial charge in [-0.1, -0.05) is 60.7 Å². The minimum absolute atomic E-state index is 0.00165. The normalized spacial score (nSPS) is 17.9. The zero-order valence-electron chi connectivity index (χ0n) is 18.0. The molecule has 6 nitrogen and oxygen atoms in total. The molecule has 3 aromatic carbocycles. The van der Waals surface area contributed by atoms with Crippen LogP contribution >= 0.6 is 0 Å². The monoisotopic (exact) mass is 428 g/mol. The number of carbonyl (C=O) groups is 3. The first-order valence-corrected chi connectivity index (χ1v) is 10.4. The number of Topliss-reactive ketones (excluding diaryl/α,β-unsaturated/α-hetero) is 1. The van der Waals surface area contributed by atoms with Gasteiger partial charge in [0.2, 0.25) is 0 Å². The summed E-state index contributed by atoms with van der Waals surface area (Å²) in [7, 11) is 1.52. The zero-order valence-corrected chi connectivity index (χ0v) is 18.0. The Morgan fingerprint density at radius 3 is 2.25 bits per heavy atom. The number of methoxy groups -OCH3 is 1. The standard InChI is InChI=1S/C26H24N2O4/c1-18(29)20-13-14-23(32-2)21(15-20)17-28-24(30)26(27-25(28)31,22-11-7-4-8-12-22)16-19-9-5-3-6-10-19/h3-15H,16-17H2,1-2H3,(H,27,31). The van der Waals surface area contributed by atoms with Crippen LogP contribution in [0.3, 0.4) is 0 Å². The van der Waals surface area contributed by atoms with E-state index in [0.29, 0.717) is 28.9 Å². The van der Waals surface area contributed by atoms with Crippen LogP contribution in [0.15, 0.2) is 78.9 Å². The molecule has 0 aliphatic carbocycles. The van der Waals surface area contributed by atoms with Crippen LogP contribution in [0.25, 0.3) is 0 Å². The van der Waals surface area contributed by atoms with E-state index in [1.165, 1.54) is 18.9 Å². The molecule has 1 aliphatic rings. The Hall–Kier alpha value is -3.93. The molecule has 1 saturated heterocycles. The van der Waals surface area contributed by atoms with E-state index < -0.39 is 11.6 Å². The van der Waals surface area contributed by atoms with Crippen LogP contribution < -0.4 is 10.1 Å². The van der Waals surface area contributed by atoms with Gasteiger partial charge in [0, 0.05) is 17.5 Å². The molecule has 1 N–H and O–H groups in total. The fraction of sp³-hybridized carbons (Fsp3) is 0.192. The predicted octanol–water partition coefficient (Wildman–Crippen LogP) is 4.09. The maximum absolute atomic E-state index is 13.8. The van der Waals surface area contributed by atoms with E-state index in [-0.39, 0.29) is 18.2 Å². The molecule has 0 aromatic heterocycles. The number of carbonyl (C=O) groups excluding carboxylic acids is 3. The Bertz CT molecular complexity index is 1160. The first-order valence-electron chi connectivity index (χ1n) is 10.4. The molecule has 3 amide bonds. The highest BCUT2D eigenvalue weighted by molar-refractivity contribution is 6.07. The van der Waals surface area contributed by atoms with Crippen LogP contribution in [0.1, 0.15) is 34.0 Å². The van der Waals surface area contributed by atoms with Crippen LogP contribution in [0.2, 0.25) is 0 Å². The summed E-state index contributed by atoms with van der Waals surface area (Å²) in [5.74, 6) is 0.0671. The van der Waals surface area contributed by atoms with Gasteiger partial charge in [-0.05, 0) is 36.2 Å². The molecular weight excluding hydrogens is 404 g/mol. The third-order valence-corrected chi connectivity index (χ3v) is 5.77. The maximum atomic E-state index is 13.8. The molecule has 1 heterocycles. The van der Waals surface area contributed by atoms with Gasteiger partial charge in [-0.3, -0.25) is 14.5 Å². The molecule has 162 valence electrons. The summed E-state index contributed by atoms with van der Waals surface area (Å²) in [6, 6.07) is 23.4. The molecular formula is C26H24N2O4. The predicted molar refractivity (Wildman–Crippen MR) is 120 cm³/mol. The second-order valence-corrected chi connectivity index (χ2v) is 7.84. The molecule has 1 fully saturated rings. The van der Waals surface area contributed by atoms with Gasteiger partial charge in [0.15, 0.2) is 11.3 Å². The van der Waals surface area contributed by atoms with Gasteiger partial charge in [0.1, 0.15) is 5.75 Å². The summed E-state index contributed by atoms with van der Waals surface area (Å²) in [6.45, 7) is 1.47. The van der Waals surface area contributed by atoms with Crippen molar-refractivity contribution < 1.29 is 19.1 Å². The number of ether oxygens (including phenoxy) is 1. The van der Waals surface area contributed by atoms with E-state index in [1.54, 1.807) is 18.2 Å². The van der Waals surface area contributed by atoms with Crippen LogP contribution in [0, 0.1) is 0 Å². The van der Waals surface area contributed by atoms with Crippen molar-refractivity contribution in [3.05, 3.63) is 101 Å². The highest BCUT2D eigenvalue weighted by Crippen LogP contribution is 2.34. The lowest BCUT2D eigenvalue weighted by Gasteiger charge is -2.27. The lowest BCUT2D eigenvalue weighted by molar-refractivity contribution is -0.132. The number of nitrogens with one attached hydrogen (secondary N) is 1. The van der Waals surface area contributed by atoms with Crippen molar-refractivity contribution in [1.82, 2.24) is 10.2 Å². The number of imide groups is 1. The Kier molecular flexibility index (Phi) is 5.77. The van der Waals surface area contributed by atoms with Gasteiger partial charge in [-0.15, -0.1) is 0 Å². The Morgan fingerprint density at radius 1 is 0.969 bits per heavy atom. The minimum atomic E-state index is -1.22. The van der Waals surface area contributed by atoms with Crippen molar-refractivity contribution in [3.8, 4) is 5.75 Å². The first-order chi connectivity index (χ1) is 15.4. The lowest BCUT2D eigenvalue weighted by Crippen LogP contribution is -2.46. The topological polar surface area (TPSA) is 75.7 Å². The SMILES string of the molecule is COc1ccc(C(C)=O)cc1CN1C(=O)NC(Cc2ccccc2)(c2ccccc2)C1=O. The lowest BCUT2D eigenvalue weighted by atomic mass is 9.83. The third kappa shape index (κ3) is 3.87. The minimum Gasteiger partial charge on any atom is -0.496 e. The van der Waals surface area contributed by atoms with Crippen molar-refractivity contribution >= 4 is 17.7 Å². The number of ketones is 1. The largest absolute Gasteiger partial charge is 0.496 e. The van der Waals surface area contributed by atoms with E-state index in [1.807, 2.05) is 60.7 Å². The number of rotatable bonds is 7. The smallest absolute Gasteiger partial charge is 0.325 e. The van der Waals surface area contributed by atoms with Crippen molar-refractivity contribution in [2.24, 2.45) is 0 Å². The Labute approximate surface area is 186 Å². The average Bonchev–Trinajstić information content (AvgIpc) is 3.05. The third-order valence-electron chi connectivity index (χ3n) is 5.77. The fourth-order valence-corrected chi connectivity index (χ4v) is 4.10. The van der Waals surface area contributed by atoms with E-state index in [2.05, 4.69) is 5.32 Å². The molecule has 0 bridgehead atoms. The molecule has 1 unspecified atom stereocenters. The van der Waals surface area contributed by atoms with Gasteiger partial charge in [-0.2, -0.15) is 0 Å². The summed E-state index contributed by atoms with van der Waals surface area (Å²) in [6.07, 6.45) is 0.323. The Morgan fingerprint density at radius 2 is 1.62 bits per heavy atom. The van der Waals surface area contributed by atoms with E-state index >= 15 is 0 Å². The average molecular weight is 428 g/mol. The molecule has 4 rings (SSSR count). The summed E-state index contributed by atoms with van der Waals surface area (Å²) < 4.78 is 5.41. The molecule has 32 heavy (non-hydrogen) atoms. The van der Waals surface area contributed by atoms with Crippen LogP contribution in [-0.2, 0) is 23.3 Å². The summed E-state index contributed by atoms with van der Waals surface area (Å²) in [5, 5.41) is 2.96. The molecule has 1 atom stereocenters. The van der Waals surface area contributed by atoms with Crippen molar-refractivity contribution in [2.45, 2.75) is 25.4 Å². The van der Waals surface area contributed by atoms with Crippen LogP contribution in [0.5, 0.6) is 5.75 Å². The zero-order chi connectivity index (χ0) is 22.7. The maximum Gasteiger partial charge on any atom is 0.325 e. The Balaban J connectivity index is 1.74.